The first-order chi connectivity index (χ1) is 6.59. The standard InChI is InChI=1S/C11H18N2O/c1-8(2)10-7-9(13-14-10)3-4-11(12)5-6-11/h7-8H,3-6,12H2,1-2H3. The van der Waals surface area contributed by atoms with Crippen LogP contribution in [-0.2, 0) is 6.42 Å². The fourth-order valence-electron chi connectivity index (χ4n) is 1.51. The Morgan fingerprint density at radius 1 is 1.57 bits per heavy atom. The van der Waals surface area contributed by atoms with Crippen LogP contribution < -0.4 is 5.73 Å². The average molecular weight is 194 g/mol. The Labute approximate surface area is 84.7 Å². The fraction of sp³-hybridized carbons (Fsp3) is 0.727. The van der Waals surface area contributed by atoms with Crippen molar-refractivity contribution in [1.29, 1.82) is 0 Å². The number of rotatable bonds is 4. The lowest BCUT2D eigenvalue weighted by Crippen LogP contribution is -2.22. The number of nitrogens with zero attached hydrogens (tertiary/aromatic N) is 1. The van der Waals surface area contributed by atoms with Gasteiger partial charge in [-0.2, -0.15) is 0 Å². The molecule has 3 heteroatoms. The summed E-state index contributed by atoms with van der Waals surface area (Å²) in [5.41, 5.74) is 7.17. The Bertz CT molecular complexity index is 313. The summed E-state index contributed by atoms with van der Waals surface area (Å²) in [6.07, 6.45) is 4.33. The largest absolute Gasteiger partial charge is 0.361 e. The maximum absolute atomic E-state index is 6.00. The molecule has 0 atom stereocenters. The summed E-state index contributed by atoms with van der Waals surface area (Å²) >= 11 is 0. The van der Waals surface area contributed by atoms with E-state index in [0.29, 0.717) is 5.92 Å². The molecule has 0 radical (unpaired) electrons. The molecule has 2 N–H and O–H groups in total. The van der Waals surface area contributed by atoms with Crippen molar-refractivity contribution in [3.63, 3.8) is 0 Å². The van der Waals surface area contributed by atoms with E-state index >= 15 is 0 Å². The van der Waals surface area contributed by atoms with Crippen molar-refractivity contribution < 1.29 is 4.52 Å². The molecule has 1 fully saturated rings. The van der Waals surface area contributed by atoms with Gasteiger partial charge in [0.2, 0.25) is 0 Å². The Morgan fingerprint density at radius 2 is 2.29 bits per heavy atom. The van der Waals surface area contributed by atoms with E-state index in [2.05, 4.69) is 25.1 Å². The second kappa shape index (κ2) is 3.39. The number of nitrogens with two attached hydrogens (primary N) is 1. The van der Waals surface area contributed by atoms with Crippen molar-refractivity contribution in [1.82, 2.24) is 5.16 Å². The number of aryl methyl sites for hydroxylation is 1. The van der Waals surface area contributed by atoms with E-state index in [1.807, 2.05) is 0 Å². The lowest BCUT2D eigenvalue weighted by atomic mass is 10.1. The molecule has 0 aliphatic heterocycles. The Hall–Kier alpha value is -0.830. The van der Waals surface area contributed by atoms with E-state index in [1.54, 1.807) is 0 Å². The van der Waals surface area contributed by atoms with Gasteiger partial charge in [-0.25, -0.2) is 0 Å². The van der Waals surface area contributed by atoms with E-state index in [0.717, 1.165) is 24.3 Å². The number of hydrogen-bond acceptors (Lipinski definition) is 3. The molecule has 1 saturated carbocycles. The second-order valence-electron chi connectivity index (χ2n) is 4.74. The summed E-state index contributed by atoms with van der Waals surface area (Å²) in [5.74, 6) is 1.39. The SMILES string of the molecule is CC(C)c1cc(CCC2(N)CC2)no1. The molecule has 0 amide bonds. The van der Waals surface area contributed by atoms with Crippen molar-refractivity contribution in [2.45, 2.75) is 51.0 Å². The third-order valence-electron chi connectivity index (χ3n) is 2.92. The quantitative estimate of drug-likeness (QED) is 0.799. The summed E-state index contributed by atoms with van der Waals surface area (Å²) in [6, 6.07) is 2.05. The van der Waals surface area contributed by atoms with Gasteiger partial charge in [0.25, 0.3) is 0 Å². The van der Waals surface area contributed by atoms with E-state index < -0.39 is 0 Å². The van der Waals surface area contributed by atoms with Gasteiger partial charge in [-0.1, -0.05) is 19.0 Å². The molecular weight excluding hydrogens is 176 g/mol. The van der Waals surface area contributed by atoms with Gasteiger partial charge in [0, 0.05) is 17.5 Å². The van der Waals surface area contributed by atoms with Crippen LogP contribution in [0.1, 0.15) is 50.5 Å². The van der Waals surface area contributed by atoms with Gasteiger partial charge < -0.3 is 10.3 Å². The lowest BCUT2D eigenvalue weighted by Gasteiger charge is -2.04. The first-order valence-corrected chi connectivity index (χ1v) is 5.33. The molecule has 3 nitrogen and oxygen atoms in total. The van der Waals surface area contributed by atoms with Crippen LogP contribution in [0.5, 0.6) is 0 Å². The Morgan fingerprint density at radius 3 is 2.79 bits per heavy atom. The van der Waals surface area contributed by atoms with Gasteiger partial charge in [-0.3, -0.25) is 0 Å². The van der Waals surface area contributed by atoms with E-state index in [4.69, 9.17) is 10.3 Å². The predicted octanol–water partition coefficient (Wildman–Crippen LogP) is 2.22. The minimum absolute atomic E-state index is 0.122. The molecule has 1 aromatic heterocycles. The van der Waals surface area contributed by atoms with Crippen LogP contribution in [-0.4, -0.2) is 10.7 Å². The predicted molar refractivity (Wildman–Crippen MR) is 55.1 cm³/mol. The molecule has 0 bridgehead atoms. The maximum atomic E-state index is 6.00. The summed E-state index contributed by atoms with van der Waals surface area (Å²) in [7, 11) is 0. The Balaban J connectivity index is 1.90. The van der Waals surface area contributed by atoms with Gasteiger partial charge >= 0.3 is 0 Å². The second-order valence-corrected chi connectivity index (χ2v) is 4.74. The van der Waals surface area contributed by atoms with Crippen LogP contribution in [0.25, 0.3) is 0 Å². The van der Waals surface area contributed by atoms with Gasteiger partial charge in [0.05, 0.1) is 5.69 Å². The molecule has 2 rings (SSSR count). The summed E-state index contributed by atoms with van der Waals surface area (Å²) < 4.78 is 5.22. The van der Waals surface area contributed by atoms with Crippen molar-refractivity contribution in [2.75, 3.05) is 0 Å². The topological polar surface area (TPSA) is 52.0 Å². The number of aromatic nitrogens is 1. The Kier molecular flexibility index (Phi) is 2.35. The molecule has 1 aliphatic rings. The van der Waals surface area contributed by atoms with Crippen LogP contribution >= 0.6 is 0 Å². The molecule has 1 aliphatic carbocycles. The van der Waals surface area contributed by atoms with Crippen LogP contribution in [0.3, 0.4) is 0 Å². The zero-order valence-electron chi connectivity index (χ0n) is 8.92. The smallest absolute Gasteiger partial charge is 0.139 e. The minimum Gasteiger partial charge on any atom is -0.361 e. The molecule has 1 heterocycles. The highest BCUT2D eigenvalue weighted by molar-refractivity contribution is 5.10. The summed E-state index contributed by atoms with van der Waals surface area (Å²) in [6.45, 7) is 4.21. The van der Waals surface area contributed by atoms with E-state index in [-0.39, 0.29) is 5.54 Å². The maximum Gasteiger partial charge on any atom is 0.139 e. The summed E-state index contributed by atoms with van der Waals surface area (Å²) in [5, 5.41) is 4.04. The van der Waals surface area contributed by atoms with Gasteiger partial charge in [0.15, 0.2) is 0 Å². The van der Waals surface area contributed by atoms with Crippen LogP contribution in [0.15, 0.2) is 10.6 Å². The number of hydrogen-bond donors (Lipinski definition) is 1. The van der Waals surface area contributed by atoms with E-state index in [1.165, 1.54) is 12.8 Å². The van der Waals surface area contributed by atoms with E-state index in [9.17, 15) is 0 Å². The summed E-state index contributed by atoms with van der Waals surface area (Å²) in [4.78, 5) is 0. The van der Waals surface area contributed by atoms with Gasteiger partial charge in [0.1, 0.15) is 5.76 Å². The average Bonchev–Trinajstić information content (AvgIpc) is 2.68. The normalized spacial score (nSPS) is 18.9. The fourth-order valence-corrected chi connectivity index (χ4v) is 1.51. The molecule has 0 spiro atoms. The van der Waals surface area contributed by atoms with Crippen LogP contribution in [0.2, 0.25) is 0 Å². The van der Waals surface area contributed by atoms with Gasteiger partial charge in [-0.15, -0.1) is 0 Å². The van der Waals surface area contributed by atoms with Crippen molar-refractivity contribution >= 4 is 0 Å². The molecule has 0 unspecified atom stereocenters. The third kappa shape index (κ3) is 2.15. The first-order valence-electron chi connectivity index (χ1n) is 5.33. The minimum atomic E-state index is 0.122. The lowest BCUT2D eigenvalue weighted by molar-refractivity contribution is 0.364. The zero-order valence-corrected chi connectivity index (χ0v) is 8.92. The van der Waals surface area contributed by atoms with Crippen LogP contribution in [0, 0.1) is 0 Å². The highest BCUT2D eigenvalue weighted by atomic mass is 16.5. The molecule has 0 aromatic carbocycles. The molecule has 14 heavy (non-hydrogen) atoms. The van der Waals surface area contributed by atoms with Crippen molar-refractivity contribution in [3.05, 3.63) is 17.5 Å². The van der Waals surface area contributed by atoms with Gasteiger partial charge in [-0.05, 0) is 25.7 Å². The highest BCUT2D eigenvalue weighted by Crippen LogP contribution is 2.36. The zero-order chi connectivity index (χ0) is 10.2. The first kappa shape index (κ1) is 9.71. The van der Waals surface area contributed by atoms with Crippen molar-refractivity contribution in [2.24, 2.45) is 5.73 Å². The molecule has 0 saturated heterocycles. The monoisotopic (exact) mass is 194 g/mol. The molecule has 78 valence electrons. The van der Waals surface area contributed by atoms with Crippen molar-refractivity contribution in [3.8, 4) is 0 Å². The molecule has 1 aromatic rings. The third-order valence-corrected chi connectivity index (χ3v) is 2.92. The molecular formula is C11H18N2O. The van der Waals surface area contributed by atoms with Crippen LogP contribution in [0.4, 0.5) is 0 Å². The highest BCUT2D eigenvalue weighted by Gasteiger charge is 2.37.